The summed E-state index contributed by atoms with van der Waals surface area (Å²) in [6, 6.07) is 8.02. The Balaban J connectivity index is 1.71. The lowest BCUT2D eigenvalue weighted by molar-refractivity contribution is -0.140. The highest BCUT2D eigenvalue weighted by Gasteiger charge is 2.34. The fourth-order valence-corrected chi connectivity index (χ4v) is 7.96. The van der Waals surface area contributed by atoms with Crippen molar-refractivity contribution in [2.24, 2.45) is 17.2 Å². The van der Waals surface area contributed by atoms with Gasteiger partial charge in [-0.15, -0.1) is 0 Å². The summed E-state index contributed by atoms with van der Waals surface area (Å²) in [5, 5.41) is 39.6. The Hall–Kier alpha value is -8.25. The van der Waals surface area contributed by atoms with Crippen LogP contribution in [0.3, 0.4) is 0 Å². The van der Waals surface area contributed by atoms with E-state index in [2.05, 4.69) is 52.8 Å². The van der Waals surface area contributed by atoms with Gasteiger partial charge in [-0.25, -0.2) is 0 Å². The number of fused-ring (bicyclic) bond motifs is 1. The number of nitrogens with one attached hydrogen (secondary N) is 12. The Labute approximate surface area is 416 Å². The molecule has 1 aromatic heterocycles. The molecule has 3 aromatic rings. The lowest BCUT2D eigenvalue weighted by atomic mass is 10.0. The lowest BCUT2D eigenvalue weighted by Crippen LogP contribution is -2.59. The summed E-state index contributed by atoms with van der Waals surface area (Å²) < 4.78 is 0. The molecular formula is C47H68N16O9. The molecule has 72 heavy (non-hydrogen) atoms. The molecule has 1 aliphatic heterocycles. The van der Waals surface area contributed by atoms with Crippen molar-refractivity contribution >= 4 is 76.0 Å². The van der Waals surface area contributed by atoms with E-state index < -0.39 is 102 Å². The molecule has 0 spiro atoms. The van der Waals surface area contributed by atoms with Crippen molar-refractivity contribution in [1.29, 1.82) is 10.8 Å². The van der Waals surface area contributed by atoms with Crippen LogP contribution in [0.1, 0.15) is 69.4 Å². The minimum Gasteiger partial charge on any atom is -0.370 e. The molecule has 9 amide bonds. The van der Waals surface area contributed by atoms with E-state index >= 15 is 0 Å². The Bertz CT molecular complexity index is 2410. The van der Waals surface area contributed by atoms with E-state index in [1.54, 1.807) is 36.5 Å². The Morgan fingerprint density at radius 1 is 0.764 bits per heavy atom. The number of carbonyl (C=O) groups is 9. The molecule has 1 saturated heterocycles. The number of guanidine groups is 2. The van der Waals surface area contributed by atoms with Crippen molar-refractivity contribution in [2.45, 2.75) is 107 Å². The number of benzene rings is 2. The number of carbonyl (C=O) groups excluding carboxylic acids is 9. The van der Waals surface area contributed by atoms with Crippen LogP contribution in [0, 0.1) is 10.8 Å². The van der Waals surface area contributed by atoms with Crippen molar-refractivity contribution in [3.63, 3.8) is 0 Å². The minimum absolute atomic E-state index is 0.0325. The molecule has 25 heteroatoms. The van der Waals surface area contributed by atoms with E-state index in [4.69, 9.17) is 28.0 Å². The molecule has 1 unspecified atom stereocenters. The molecule has 6 atom stereocenters. The van der Waals surface area contributed by atoms with Gasteiger partial charge in [0.05, 0.1) is 13.0 Å². The van der Waals surface area contributed by atoms with Crippen LogP contribution in [0.15, 0.2) is 60.8 Å². The fraction of sp³-hybridized carbons (Fsp3) is 0.468. The number of amides is 9. The smallest absolute Gasteiger partial charge is 0.245 e. The van der Waals surface area contributed by atoms with Gasteiger partial charge < -0.3 is 74.9 Å². The standard InChI is InChI=1S/C47H68N16O9/c1-27(64)57-33(17-10-20-54-46(49)50)41(68)62-37-24-38(65)53-19-9-8-16-32(40(48)67)59-44(71)36(23-29-25-56-31-15-7-6-14-30(29)31)61-42(69)34(18-11-21-55-47(51)52)60-43(70)35(22-28-12-4-3-5-13-28)58-39(66)26-63(2)45(37)72/h3-7,12-15,25,32-37,56H,8-11,16-24,26H2,1-2H3,(H2,48,67)(H,53,65)(H,57,64)(H,58,66)(H,59,71)(H,60,70)(H,61,69)(H,62,68)(H4,49,50,54)(H4,51,52,55)/t32?,33-,34-,35+,36-,37-/m0/s1. The van der Waals surface area contributed by atoms with Gasteiger partial charge in [0, 0.05) is 63.5 Å². The van der Waals surface area contributed by atoms with Gasteiger partial charge in [-0.05, 0) is 62.1 Å². The number of para-hydroxylation sites is 1. The average Bonchev–Trinajstić information content (AvgIpc) is 3.73. The first-order valence-corrected chi connectivity index (χ1v) is 23.6. The molecule has 0 aliphatic carbocycles. The number of primary amides is 1. The van der Waals surface area contributed by atoms with E-state index in [-0.39, 0.29) is 89.3 Å². The first-order valence-electron chi connectivity index (χ1n) is 23.6. The normalized spacial score (nSPS) is 20.6. The van der Waals surface area contributed by atoms with E-state index in [0.29, 0.717) is 11.1 Å². The van der Waals surface area contributed by atoms with Gasteiger partial charge in [0.1, 0.15) is 36.3 Å². The van der Waals surface area contributed by atoms with E-state index in [1.165, 1.54) is 14.0 Å². The molecule has 0 bridgehead atoms. The van der Waals surface area contributed by atoms with Crippen LogP contribution < -0.4 is 65.1 Å². The number of hydrogen-bond donors (Lipinski definition) is 15. The number of likely N-dealkylation sites (N-methyl/N-ethyl adjacent to an activating group) is 1. The summed E-state index contributed by atoms with van der Waals surface area (Å²) in [5.41, 5.74) is 18.7. The first kappa shape index (κ1) is 56.3. The van der Waals surface area contributed by atoms with Gasteiger partial charge in [-0.2, -0.15) is 0 Å². The molecule has 25 nitrogen and oxygen atoms in total. The number of nitrogens with zero attached hydrogens (tertiary/aromatic N) is 1. The molecule has 1 fully saturated rings. The number of aromatic nitrogens is 1. The summed E-state index contributed by atoms with van der Waals surface area (Å²) in [6.07, 6.45) is 2.00. The summed E-state index contributed by atoms with van der Waals surface area (Å²) in [4.78, 5) is 127. The summed E-state index contributed by atoms with van der Waals surface area (Å²) in [7, 11) is 1.26. The second-order valence-corrected chi connectivity index (χ2v) is 17.5. The second-order valence-electron chi connectivity index (χ2n) is 17.5. The van der Waals surface area contributed by atoms with Gasteiger partial charge in [-0.3, -0.25) is 54.0 Å². The third-order valence-electron chi connectivity index (χ3n) is 11.6. The third kappa shape index (κ3) is 18.9. The van der Waals surface area contributed by atoms with Crippen molar-refractivity contribution in [3.05, 3.63) is 71.9 Å². The number of aromatic amines is 1. The van der Waals surface area contributed by atoms with Gasteiger partial charge in [0.25, 0.3) is 0 Å². The summed E-state index contributed by atoms with van der Waals surface area (Å²) in [5.74, 6) is -7.56. The van der Waals surface area contributed by atoms with Crippen LogP contribution in [0.2, 0.25) is 0 Å². The van der Waals surface area contributed by atoms with Gasteiger partial charge >= 0.3 is 0 Å². The summed E-state index contributed by atoms with van der Waals surface area (Å²) in [6.45, 7) is 0.893. The van der Waals surface area contributed by atoms with Crippen molar-refractivity contribution in [3.8, 4) is 0 Å². The van der Waals surface area contributed by atoms with Crippen LogP contribution in [-0.2, 0) is 56.0 Å². The molecule has 390 valence electrons. The van der Waals surface area contributed by atoms with E-state index in [0.717, 1.165) is 15.8 Å². The van der Waals surface area contributed by atoms with Crippen LogP contribution in [0.5, 0.6) is 0 Å². The number of rotatable bonds is 16. The van der Waals surface area contributed by atoms with Crippen molar-refractivity contribution < 1.29 is 43.2 Å². The number of hydrogen-bond acceptors (Lipinski definition) is 11. The largest absolute Gasteiger partial charge is 0.370 e. The van der Waals surface area contributed by atoms with Gasteiger partial charge in [-0.1, -0.05) is 48.5 Å². The predicted octanol–water partition coefficient (Wildman–Crippen LogP) is -2.96. The maximum atomic E-state index is 14.4. The van der Waals surface area contributed by atoms with Crippen LogP contribution in [0.25, 0.3) is 10.9 Å². The molecular weight excluding hydrogens is 933 g/mol. The Morgan fingerprint density at radius 2 is 1.39 bits per heavy atom. The zero-order valence-corrected chi connectivity index (χ0v) is 40.5. The maximum absolute atomic E-state index is 14.4. The number of nitrogens with two attached hydrogens (primary N) is 3. The quantitative estimate of drug-likeness (QED) is 0.0388. The lowest BCUT2D eigenvalue weighted by Gasteiger charge is -2.28. The first-order chi connectivity index (χ1) is 34.3. The molecule has 2 aromatic carbocycles. The third-order valence-corrected chi connectivity index (χ3v) is 11.6. The SMILES string of the molecule is CC(=O)N[C@@H](CCCNC(=N)N)C(=O)N[C@H]1CC(=O)NCCCCC(C(N)=O)NC(=O)[C@H](Cc2c[nH]c3ccccc23)NC(=O)[C@H](CCCNC(=N)N)NC(=O)[C@@H](Cc2ccccc2)NC(=O)CN(C)C1=O. The van der Waals surface area contributed by atoms with Gasteiger partial charge in [0.2, 0.25) is 53.2 Å². The highest BCUT2D eigenvalue weighted by atomic mass is 16.2. The van der Waals surface area contributed by atoms with Crippen molar-refractivity contribution in [1.82, 2.24) is 57.7 Å². The topological polar surface area (TPSA) is 407 Å². The summed E-state index contributed by atoms with van der Waals surface area (Å²) >= 11 is 0. The second kappa shape index (κ2) is 28.4. The molecule has 4 rings (SSSR count). The van der Waals surface area contributed by atoms with Crippen LogP contribution >= 0.6 is 0 Å². The molecule has 0 radical (unpaired) electrons. The molecule has 1 aliphatic rings. The fourth-order valence-electron chi connectivity index (χ4n) is 7.96. The van der Waals surface area contributed by atoms with Crippen LogP contribution in [0.4, 0.5) is 0 Å². The Morgan fingerprint density at radius 3 is 2.07 bits per heavy atom. The van der Waals surface area contributed by atoms with Crippen molar-refractivity contribution in [2.75, 3.05) is 33.2 Å². The minimum atomic E-state index is -1.56. The zero-order chi connectivity index (χ0) is 52.7. The Kier molecular flexibility index (Phi) is 22.2. The number of H-pyrrole nitrogens is 1. The highest BCUT2D eigenvalue weighted by molar-refractivity contribution is 5.98. The maximum Gasteiger partial charge on any atom is 0.245 e. The molecule has 18 N–H and O–H groups in total. The van der Waals surface area contributed by atoms with E-state index in [1.807, 2.05) is 24.3 Å². The van der Waals surface area contributed by atoms with E-state index in [9.17, 15) is 43.2 Å². The molecule has 2 heterocycles. The predicted molar refractivity (Wildman–Crippen MR) is 266 cm³/mol. The molecule has 0 saturated carbocycles. The zero-order valence-electron chi connectivity index (χ0n) is 40.5. The van der Waals surface area contributed by atoms with Gasteiger partial charge in [0.15, 0.2) is 11.9 Å². The average molecular weight is 1000 g/mol. The monoisotopic (exact) mass is 1000 g/mol. The highest BCUT2D eigenvalue weighted by Crippen LogP contribution is 2.20. The van der Waals surface area contributed by atoms with Crippen LogP contribution in [-0.4, -0.2) is 144 Å².